The van der Waals surface area contributed by atoms with E-state index in [9.17, 15) is 4.79 Å². The van der Waals surface area contributed by atoms with Crippen LogP contribution in [-0.4, -0.2) is 27.2 Å². The average molecular weight is 421 g/mol. The molecular formula is C23H24N4O2S. The number of hydrogen-bond acceptors (Lipinski definition) is 6. The third-order valence-electron chi connectivity index (χ3n) is 5.59. The first-order valence-corrected chi connectivity index (χ1v) is 11.1. The van der Waals surface area contributed by atoms with Crippen LogP contribution in [0.25, 0.3) is 10.7 Å². The van der Waals surface area contributed by atoms with Crippen molar-refractivity contribution >= 4 is 23.1 Å². The summed E-state index contributed by atoms with van der Waals surface area (Å²) in [7, 11) is 0. The fourth-order valence-corrected chi connectivity index (χ4v) is 5.05. The van der Waals surface area contributed by atoms with Crippen molar-refractivity contribution in [2.45, 2.75) is 39.7 Å². The Labute approximate surface area is 179 Å². The molecule has 3 heterocycles. The number of fused-ring (bicyclic) bond motifs is 1. The third kappa shape index (κ3) is 3.13. The molecule has 0 bridgehead atoms. The molecule has 7 heteroatoms. The first-order valence-electron chi connectivity index (χ1n) is 10.2. The van der Waals surface area contributed by atoms with E-state index in [2.05, 4.69) is 19.2 Å². The fraction of sp³-hybridized carbons (Fsp3) is 0.348. The van der Waals surface area contributed by atoms with Gasteiger partial charge in [-0.05, 0) is 36.3 Å². The topological polar surface area (TPSA) is 69.0 Å². The van der Waals surface area contributed by atoms with Crippen molar-refractivity contribution in [3.8, 4) is 16.5 Å². The van der Waals surface area contributed by atoms with E-state index in [1.54, 1.807) is 11.3 Å². The number of allylic oxidation sites excluding steroid dienone is 2. The maximum Gasteiger partial charge on any atom is 0.226 e. The molecule has 0 spiro atoms. The second-order valence-electron chi connectivity index (χ2n) is 8.51. The zero-order valence-electron chi connectivity index (χ0n) is 17.3. The minimum absolute atomic E-state index is 0.0916. The highest BCUT2D eigenvalue weighted by atomic mass is 32.1. The normalized spacial score (nSPS) is 19.8. The van der Waals surface area contributed by atoms with Crippen LogP contribution in [0, 0.1) is 5.41 Å². The number of Topliss-reactive ketones (excluding diaryl/α,β-unsaturated/α-hetero) is 1. The Morgan fingerprint density at radius 3 is 2.83 bits per heavy atom. The third-order valence-corrected chi connectivity index (χ3v) is 6.45. The van der Waals surface area contributed by atoms with Gasteiger partial charge < -0.3 is 10.1 Å². The minimum atomic E-state index is -0.358. The second-order valence-corrected chi connectivity index (χ2v) is 9.46. The Bertz CT molecular complexity index is 1140. The summed E-state index contributed by atoms with van der Waals surface area (Å²) in [4.78, 5) is 19.1. The van der Waals surface area contributed by atoms with E-state index in [1.807, 2.05) is 53.4 Å². The number of ketones is 1. The Balaban J connectivity index is 1.71. The lowest BCUT2D eigenvalue weighted by Gasteiger charge is -2.38. The molecule has 154 valence electrons. The van der Waals surface area contributed by atoms with Gasteiger partial charge in [0, 0.05) is 23.3 Å². The summed E-state index contributed by atoms with van der Waals surface area (Å²) < 4.78 is 7.78. The van der Waals surface area contributed by atoms with Gasteiger partial charge in [0.2, 0.25) is 5.95 Å². The van der Waals surface area contributed by atoms with Crippen LogP contribution in [0.3, 0.4) is 0 Å². The van der Waals surface area contributed by atoms with Crippen molar-refractivity contribution in [1.82, 2.24) is 14.8 Å². The van der Waals surface area contributed by atoms with E-state index in [4.69, 9.17) is 14.8 Å². The van der Waals surface area contributed by atoms with Crippen molar-refractivity contribution in [2.75, 3.05) is 11.9 Å². The van der Waals surface area contributed by atoms with Crippen molar-refractivity contribution in [3.05, 3.63) is 58.6 Å². The molecule has 0 saturated carbocycles. The average Bonchev–Trinajstić information content (AvgIpc) is 3.36. The van der Waals surface area contributed by atoms with Crippen LogP contribution in [0.1, 0.15) is 45.2 Å². The van der Waals surface area contributed by atoms with Gasteiger partial charge >= 0.3 is 0 Å². The maximum atomic E-state index is 13.3. The largest absolute Gasteiger partial charge is 0.494 e. The number of hydrogen-bond donors (Lipinski definition) is 1. The van der Waals surface area contributed by atoms with Crippen LogP contribution >= 0.6 is 11.3 Å². The number of anilines is 1. The molecular weight excluding hydrogens is 396 g/mol. The van der Waals surface area contributed by atoms with Gasteiger partial charge in [-0.1, -0.05) is 38.1 Å². The predicted molar refractivity (Wildman–Crippen MR) is 118 cm³/mol. The Morgan fingerprint density at radius 2 is 2.07 bits per heavy atom. The molecule has 1 atom stereocenters. The van der Waals surface area contributed by atoms with Crippen LogP contribution in [0.15, 0.2) is 53.0 Å². The Hall–Kier alpha value is -2.93. The van der Waals surface area contributed by atoms with Crippen molar-refractivity contribution < 1.29 is 9.53 Å². The van der Waals surface area contributed by atoms with Gasteiger partial charge in [0.1, 0.15) is 11.8 Å². The van der Waals surface area contributed by atoms with Gasteiger partial charge in [-0.25, -0.2) is 4.68 Å². The van der Waals surface area contributed by atoms with Crippen LogP contribution in [0.2, 0.25) is 0 Å². The van der Waals surface area contributed by atoms with Crippen LogP contribution in [-0.2, 0) is 4.79 Å². The van der Waals surface area contributed by atoms with Gasteiger partial charge in [0.05, 0.1) is 11.5 Å². The van der Waals surface area contributed by atoms with E-state index in [0.717, 1.165) is 33.9 Å². The first-order chi connectivity index (χ1) is 14.5. The summed E-state index contributed by atoms with van der Waals surface area (Å²) >= 11 is 1.60. The molecule has 0 radical (unpaired) electrons. The number of aromatic nitrogens is 3. The Morgan fingerprint density at radius 1 is 1.23 bits per heavy atom. The van der Waals surface area contributed by atoms with Crippen LogP contribution in [0.4, 0.5) is 5.95 Å². The number of benzene rings is 1. The van der Waals surface area contributed by atoms with E-state index in [-0.39, 0.29) is 17.2 Å². The van der Waals surface area contributed by atoms with E-state index in [1.165, 1.54) is 0 Å². The van der Waals surface area contributed by atoms with Crippen molar-refractivity contribution in [1.29, 1.82) is 0 Å². The fourth-order valence-electron chi connectivity index (χ4n) is 4.40. The monoisotopic (exact) mass is 420 g/mol. The maximum absolute atomic E-state index is 13.3. The molecule has 0 saturated heterocycles. The summed E-state index contributed by atoms with van der Waals surface area (Å²) in [5.74, 6) is 2.26. The number of thiophene rings is 1. The van der Waals surface area contributed by atoms with E-state index >= 15 is 0 Å². The number of nitrogens with one attached hydrogen (secondary N) is 1. The SMILES string of the molecule is CCOc1ccccc1C1C2=C(CC(C)(C)CC2=O)Nc2nc(-c3cccs3)nn21. The molecule has 30 heavy (non-hydrogen) atoms. The second kappa shape index (κ2) is 7.09. The lowest BCUT2D eigenvalue weighted by molar-refractivity contribution is -0.118. The molecule has 2 aliphatic rings. The molecule has 0 amide bonds. The summed E-state index contributed by atoms with van der Waals surface area (Å²) in [6, 6.07) is 11.6. The number of carbonyl (C=O) groups excluding carboxylic acids is 1. The summed E-state index contributed by atoms with van der Waals surface area (Å²) in [6.45, 7) is 6.79. The molecule has 0 fully saturated rings. The van der Waals surface area contributed by atoms with Gasteiger partial charge in [0.25, 0.3) is 0 Å². The lowest BCUT2D eigenvalue weighted by Crippen LogP contribution is -2.36. The quantitative estimate of drug-likeness (QED) is 0.639. The Kier molecular flexibility index (Phi) is 4.50. The highest BCUT2D eigenvalue weighted by molar-refractivity contribution is 7.13. The predicted octanol–water partition coefficient (Wildman–Crippen LogP) is 5.06. The zero-order chi connectivity index (χ0) is 20.9. The number of nitrogens with zero attached hydrogens (tertiary/aromatic N) is 3. The standard InChI is InChI=1S/C23H24N4O2S/c1-4-29-17-9-6-5-8-14(17)20-19-15(12-23(2,3)13-16(19)28)24-22-25-21(26-27(20)22)18-10-7-11-30-18/h5-11,20H,4,12-13H2,1-3H3,(H,24,25,26). The summed E-state index contributed by atoms with van der Waals surface area (Å²) in [5.41, 5.74) is 2.57. The van der Waals surface area contributed by atoms with E-state index in [0.29, 0.717) is 24.8 Å². The summed E-state index contributed by atoms with van der Waals surface area (Å²) in [6.07, 6.45) is 1.31. The molecule has 5 rings (SSSR count). The zero-order valence-corrected chi connectivity index (χ0v) is 18.1. The van der Waals surface area contributed by atoms with Gasteiger partial charge in [-0.2, -0.15) is 4.98 Å². The first kappa shape index (κ1) is 19.1. The molecule has 1 N–H and O–H groups in total. The highest BCUT2D eigenvalue weighted by Crippen LogP contribution is 2.47. The van der Waals surface area contributed by atoms with Gasteiger partial charge in [-0.15, -0.1) is 16.4 Å². The van der Waals surface area contributed by atoms with Crippen molar-refractivity contribution in [3.63, 3.8) is 0 Å². The van der Waals surface area contributed by atoms with Crippen LogP contribution in [0.5, 0.6) is 5.75 Å². The number of para-hydroxylation sites is 1. The molecule has 2 aromatic heterocycles. The van der Waals surface area contributed by atoms with Crippen LogP contribution < -0.4 is 10.1 Å². The lowest BCUT2D eigenvalue weighted by atomic mass is 9.73. The molecule has 1 aliphatic carbocycles. The molecule has 1 aromatic carbocycles. The van der Waals surface area contributed by atoms with E-state index < -0.39 is 0 Å². The smallest absolute Gasteiger partial charge is 0.226 e. The molecule has 1 aliphatic heterocycles. The van der Waals surface area contributed by atoms with Crippen molar-refractivity contribution in [2.24, 2.45) is 5.41 Å². The number of rotatable bonds is 4. The minimum Gasteiger partial charge on any atom is -0.494 e. The number of ether oxygens (including phenoxy) is 1. The summed E-state index contributed by atoms with van der Waals surface area (Å²) in [5, 5.41) is 10.3. The molecule has 3 aromatic rings. The number of carbonyl (C=O) groups is 1. The molecule has 1 unspecified atom stereocenters. The van der Waals surface area contributed by atoms with Gasteiger partial charge in [-0.3, -0.25) is 4.79 Å². The highest BCUT2D eigenvalue weighted by Gasteiger charge is 2.42. The van der Waals surface area contributed by atoms with Gasteiger partial charge in [0.15, 0.2) is 11.6 Å². The molecule has 6 nitrogen and oxygen atoms in total.